The van der Waals surface area contributed by atoms with E-state index in [-0.39, 0.29) is 34.9 Å². The molecular weight excluding hydrogens is 893 g/mol. The van der Waals surface area contributed by atoms with Gasteiger partial charge in [-0.15, -0.1) is 6.58 Å². The van der Waals surface area contributed by atoms with Gasteiger partial charge in [-0.3, -0.25) is 0 Å². The van der Waals surface area contributed by atoms with Crippen molar-refractivity contribution in [1.82, 2.24) is 4.57 Å². The van der Waals surface area contributed by atoms with E-state index in [1.807, 2.05) is 32.0 Å². The Hall–Kier alpha value is -7.22. The summed E-state index contributed by atoms with van der Waals surface area (Å²) in [6.45, 7) is 22.4. The van der Waals surface area contributed by atoms with Crippen LogP contribution in [0.15, 0.2) is 169 Å². The van der Waals surface area contributed by atoms with Crippen LogP contribution in [-0.4, -0.2) is 12.6 Å². The van der Waals surface area contributed by atoms with Gasteiger partial charge in [0.15, 0.2) is 28.9 Å². The predicted molar refractivity (Wildman–Crippen MR) is 287 cm³/mol. The van der Waals surface area contributed by atoms with E-state index in [0.717, 1.165) is 77.9 Å². The molecule has 0 bridgehead atoms. The van der Waals surface area contributed by atoms with Crippen LogP contribution in [0.25, 0.3) is 83.6 Å². The second-order valence-electron chi connectivity index (χ2n) is 22.6. The summed E-state index contributed by atoms with van der Waals surface area (Å²) in [4.78, 5) is 0. The quantitative estimate of drug-likeness (QED) is 0.0959. The van der Waals surface area contributed by atoms with Gasteiger partial charge in [-0.05, 0) is 101 Å². The molecule has 350 valence electrons. The average Bonchev–Trinajstić information content (AvgIpc) is 3.89. The largest absolute Gasteiger partial charge is 0.455 e. The summed E-state index contributed by atoms with van der Waals surface area (Å²) < 4.78 is 46.4. The van der Waals surface area contributed by atoms with Crippen LogP contribution < -0.4 is 14.3 Å². The summed E-state index contributed by atoms with van der Waals surface area (Å²) in [6.07, 6.45) is 5.39. The lowest BCUT2D eigenvalue weighted by Gasteiger charge is -2.58. The molecule has 1 saturated carbocycles. The number of allylic oxidation sites excluding steroid dienone is 1. The Bertz CT molecular complexity index is 3900. The van der Waals surface area contributed by atoms with Crippen molar-refractivity contribution >= 4 is 46.2 Å². The number of halogens is 2. The van der Waals surface area contributed by atoms with Gasteiger partial charge in [-0.2, -0.15) is 9.13 Å². The fraction of sp³-hybridized carbons (Fsp3) is 0.219. The molecule has 5 heterocycles. The van der Waals surface area contributed by atoms with Crippen LogP contribution in [0.4, 0.5) is 8.78 Å². The van der Waals surface area contributed by atoms with Gasteiger partial charge in [0, 0.05) is 45.6 Å². The summed E-state index contributed by atoms with van der Waals surface area (Å²) in [5.74, 6) is 0.495. The van der Waals surface area contributed by atoms with Gasteiger partial charge in [0.1, 0.15) is 34.0 Å². The van der Waals surface area contributed by atoms with Gasteiger partial charge in [0.25, 0.3) is 5.82 Å². The summed E-state index contributed by atoms with van der Waals surface area (Å²) in [5.41, 5.74) is 15.9. The smallest absolute Gasteiger partial charge is 0.299 e. The molecule has 0 N–H and O–H groups in total. The molecule has 4 nitrogen and oxygen atoms in total. The number of pyridine rings is 1. The summed E-state index contributed by atoms with van der Waals surface area (Å²) in [6, 6.07) is 51.3. The number of hydrogen-bond acceptors (Lipinski definition) is 1. The standard InChI is InChI=1S/C64H57F2N3OSi/c1-10-50-60-57(48-20-15-14-19-46(48)52-30-26-44(36-67(52)60)71(7,8)9)64(50)35-41-24-28-49-47-27-23-40(42-31-37(2)58(66)38(3)32-42)33-55(47)70-61(49)56(41)62-68(54-34-43(65)25-29-53(54)69(62)64)59-45(39-17-12-11-13-18-39)21-16-22-51(59)63(4,5)6/h10-34,36,50,57,60H,1,35H2,2-9H3/q+2. The Kier molecular flexibility index (Phi) is 9.34. The van der Waals surface area contributed by atoms with Crippen molar-refractivity contribution in [3.8, 4) is 50.6 Å². The van der Waals surface area contributed by atoms with Gasteiger partial charge < -0.3 is 4.42 Å². The highest BCUT2D eigenvalue weighted by Crippen LogP contribution is 2.65. The topological polar surface area (TPSA) is 25.8 Å². The second-order valence-corrected chi connectivity index (χ2v) is 27.7. The van der Waals surface area contributed by atoms with Crippen LogP contribution in [0.1, 0.15) is 60.5 Å². The lowest BCUT2D eigenvalue weighted by Crippen LogP contribution is -2.80. The van der Waals surface area contributed by atoms with Gasteiger partial charge >= 0.3 is 0 Å². The van der Waals surface area contributed by atoms with E-state index in [2.05, 4.69) is 182 Å². The highest BCUT2D eigenvalue weighted by atomic mass is 28.3. The Labute approximate surface area is 415 Å². The first-order valence-electron chi connectivity index (χ1n) is 25.1. The Balaban J connectivity index is 1.18. The summed E-state index contributed by atoms with van der Waals surface area (Å²) in [5, 5.41) is 3.43. The van der Waals surface area contributed by atoms with E-state index < -0.39 is 13.6 Å². The third-order valence-electron chi connectivity index (χ3n) is 16.4. The number of hydrogen-bond donors (Lipinski definition) is 0. The van der Waals surface area contributed by atoms with Gasteiger partial charge in [-0.1, -0.05) is 137 Å². The number of para-hydroxylation sites is 1. The number of aromatic nitrogens is 3. The van der Waals surface area contributed by atoms with Crippen molar-refractivity contribution in [2.75, 3.05) is 0 Å². The van der Waals surface area contributed by atoms with Crippen LogP contribution in [0.3, 0.4) is 0 Å². The molecule has 71 heavy (non-hydrogen) atoms. The third-order valence-corrected chi connectivity index (χ3v) is 18.4. The van der Waals surface area contributed by atoms with Gasteiger partial charge in [-0.25, -0.2) is 13.3 Å². The molecule has 1 aliphatic carbocycles. The van der Waals surface area contributed by atoms with E-state index in [9.17, 15) is 4.39 Å². The van der Waals surface area contributed by atoms with Crippen molar-refractivity contribution in [2.45, 2.75) is 83.6 Å². The maximum absolute atomic E-state index is 16.5. The maximum atomic E-state index is 16.5. The van der Waals surface area contributed by atoms with E-state index in [1.165, 1.54) is 27.6 Å². The van der Waals surface area contributed by atoms with E-state index in [0.29, 0.717) is 17.5 Å². The zero-order chi connectivity index (χ0) is 49.0. The highest BCUT2D eigenvalue weighted by molar-refractivity contribution is 6.88. The average molecular weight is 950 g/mol. The molecule has 3 aliphatic rings. The minimum Gasteiger partial charge on any atom is -0.455 e. The van der Waals surface area contributed by atoms with E-state index >= 15 is 4.39 Å². The molecule has 0 radical (unpaired) electrons. The van der Waals surface area contributed by atoms with E-state index in [4.69, 9.17) is 11.0 Å². The molecule has 4 atom stereocenters. The zero-order valence-corrected chi connectivity index (χ0v) is 42.7. The monoisotopic (exact) mass is 949 g/mol. The van der Waals surface area contributed by atoms with Crippen molar-refractivity contribution in [2.24, 2.45) is 5.92 Å². The van der Waals surface area contributed by atoms with Crippen molar-refractivity contribution < 1.29 is 22.3 Å². The number of benzene rings is 7. The Morgan fingerprint density at radius 2 is 1.48 bits per heavy atom. The molecule has 1 fully saturated rings. The molecule has 13 rings (SSSR count). The van der Waals surface area contributed by atoms with Crippen LogP contribution in [-0.2, 0) is 17.4 Å². The third kappa shape index (κ3) is 6.11. The number of nitrogens with zero attached hydrogens (tertiary/aromatic N) is 3. The minimum atomic E-state index is -1.71. The molecule has 4 unspecified atom stereocenters. The first kappa shape index (κ1) is 43.8. The molecule has 3 aromatic heterocycles. The number of rotatable bonds is 5. The van der Waals surface area contributed by atoms with Gasteiger partial charge in [0.2, 0.25) is 5.69 Å². The zero-order valence-electron chi connectivity index (χ0n) is 41.7. The molecule has 1 spiro atoms. The molecule has 7 heteroatoms. The molecule has 2 aliphatic heterocycles. The normalized spacial score (nSPS) is 19.0. The Morgan fingerprint density at radius 1 is 0.746 bits per heavy atom. The lowest BCUT2D eigenvalue weighted by molar-refractivity contribution is -0.825. The lowest BCUT2D eigenvalue weighted by atomic mass is 9.48. The predicted octanol–water partition coefficient (Wildman–Crippen LogP) is 14.9. The molecule has 7 aromatic carbocycles. The minimum absolute atomic E-state index is 0.0227. The van der Waals surface area contributed by atoms with Crippen molar-refractivity contribution in [1.29, 1.82) is 0 Å². The van der Waals surface area contributed by atoms with Crippen LogP contribution in [0.2, 0.25) is 19.6 Å². The maximum Gasteiger partial charge on any atom is 0.299 e. The Morgan fingerprint density at radius 3 is 2.23 bits per heavy atom. The summed E-state index contributed by atoms with van der Waals surface area (Å²) in [7, 11) is -1.71. The fourth-order valence-corrected chi connectivity index (χ4v) is 14.3. The van der Waals surface area contributed by atoms with Crippen LogP contribution in [0.5, 0.6) is 0 Å². The molecule has 0 amide bonds. The van der Waals surface area contributed by atoms with Crippen molar-refractivity contribution in [3.63, 3.8) is 0 Å². The number of aryl methyl sites for hydroxylation is 2. The number of furan rings is 1. The first-order chi connectivity index (χ1) is 34.1. The van der Waals surface area contributed by atoms with E-state index in [1.54, 1.807) is 12.1 Å². The molecule has 10 aromatic rings. The molecular formula is C64H57F2N3OSi+2. The molecule has 0 saturated heterocycles. The summed E-state index contributed by atoms with van der Waals surface area (Å²) >= 11 is 0. The highest BCUT2D eigenvalue weighted by Gasteiger charge is 2.74. The SMILES string of the molecule is C=CC1C2C(c3ccccc3-c3ccc([Si](C)(C)C)c[n+]32)C12Cc1ccc3c(oc4cc(-c5cc(C)c(F)c(C)c5)ccc43)c1-c1n(-c3c(-c4ccccc4)cccc3C(C)(C)C)c3cc(F)ccc3[n+]12. The first-order valence-corrected chi connectivity index (χ1v) is 28.6. The second kappa shape index (κ2) is 15.1. The van der Waals surface area contributed by atoms with Crippen LogP contribution >= 0.6 is 0 Å². The number of imidazole rings is 1. The fourth-order valence-electron chi connectivity index (χ4n) is 13.2. The van der Waals surface area contributed by atoms with Crippen LogP contribution in [0, 0.1) is 31.4 Å². The van der Waals surface area contributed by atoms with Gasteiger partial charge in [0.05, 0.1) is 25.5 Å². The van der Waals surface area contributed by atoms with Crippen molar-refractivity contribution in [3.05, 3.63) is 204 Å². The number of fused-ring (bicyclic) bond motifs is 17.